The number of thioether (sulfide) groups is 1. The number of carbonyl (C=O) groups is 1. The molecule has 2 heterocycles. The maximum atomic E-state index is 11.0. The minimum atomic E-state index is -0.950. The summed E-state index contributed by atoms with van der Waals surface area (Å²) in [6.45, 7) is 0. The molecule has 2 N–H and O–H groups in total. The lowest BCUT2D eigenvalue weighted by atomic mass is 10.1. The second-order valence-electron chi connectivity index (χ2n) is 3.52. The summed E-state index contributed by atoms with van der Waals surface area (Å²) in [5, 5.41) is 15.7. The molecule has 0 saturated carbocycles. The predicted molar refractivity (Wildman–Crippen MR) is 60.5 cm³/mol. The maximum Gasteiger partial charge on any atom is 0.354 e. The van der Waals surface area contributed by atoms with Gasteiger partial charge in [-0.2, -0.15) is 5.10 Å². The van der Waals surface area contributed by atoms with Crippen molar-refractivity contribution < 1.29 is 9.90 Å². The molecule has 1 aliphatic heterocycles. The normalized spacial score (nSPS) is 13.0. The highest BCUT2D eigenvalue weighted by molar-refractivity contribution is 7.98. The van der Waals surface area contributed by atoms with Crippen LogP contribution in [0.4, 0.5) is 0 Å². The Balaban J connectivity index is 2.23. The Morgan fingerprint density at radius 3 is 3.06 bits per heavy atom. The molecule has 4 nitrogen and oxygen atoms in total. The highest BCUT2D eigenvalue weighted by Gasteiger charge is 2.24. The molecule has 1 aliphatic rings. The third kappa shape index (κ3) is 1.25. The molecule has 0 aliphatic carbocycles. The number of rotatable bonds is 1. The number of nitrogens with zero attached hydrogens (tertiary/aromatic N) is 1. The van der Waals surface area contributed by atoms with E-state index in [0.717, 1.165) is 21.7 Å². The first-order valence-electron chi connectivity index (χ1n) is 4.80. The van der Waals surface area contributed by atoms with Crippen LogP contribution in [0, 0.1) is 0 Å². The van der Waals surface area contributed by atoms with Crippen LogP contribution in [0.1, 0.15) is 16.1 Å². The van der Waals surface area contributed by atoms with E-state index in [2.05, 4.69) is 10.2 Å². The van der Waals surface area contributed by atoms with Crippen LogP contribution >= 0.6 is 11.8 Å². The van der Waals surface area contributed by atoms with Crippen LogP contribution in [0.2, 0.25) is 0 Å². The van der Waals surface area contributed by atoms with Gasteiger partial charge in [-0.3, -0.25) is 5.10 Å². The molecule has 16 heavy (non-hydrogen) atoms. The molecule has 80 valence electrons. The zero-order valence-electron chi connectivity index (χ0n) is 8.23. The molecule has 0 saturated heterocycles. The third-order valence-corrected chi connectivity index (χ3v) is 3.70. The number of carboxylic acids is 1. The Kier molecular flexibility index (Phi) is 2.00. The van der Waals surface area contributed by atoms with Gasteiger partial charge in [0.25, 0.3) is 0 Å². The topological polar surface area (TPSA) is 66.0 Å². The SMILES string of the molecule is O=C(O)c1[nH]nc2c1CSc1ccccc1-2. The van der Waals surface area contributed by atoms with Crippen molar-refractivity contribution >= 4 is 17.7 Å². The Morgan fingerprint density at radius 2 is 2.25 bits per heavy atom. The molecular formula is C11H8N2O2S. The molecule has 5 heteroatoms. The number of hydrogen-bond acceptors (Lipinski definition) is 3. The van der Waals surface area contributed by atoms with Gasteiger partial charge in [-0.15, -0.1) is 11.8 Å². The number of H-pyrrole nitrogens is 1. The molecule has 0 spiro atoms. The molecule has 1 aromatic carbocycles. The van der Waals surface area contributed by atoms with Gasteiger partial charge in [0.05, 0.1) is 5.69 Å². The van der Waals surface area contributed by atoms with Crippen molar-refractivity contribution in [3.05, 3.63) is 35.5 Å². The quantitative estimate of drug-likeness (QED) is 0.792. The molecule has 0 atom stereocenters. The second kappa shape index (κ2) is 3.38. The minimum absolute atomic E-state index is 0.206. The first kappa shape index (κ1) is 9.47. The van der Waals surface area contributed by atoms with E-state index in [1.54, 1.807) is 11.8 Å². The number of nitrogens with one attached hydrogen (secondary N) is 1. The van der Waals surface area contributed by atoms with Gasteiger partial charge in [-0.05, 0) is 6.07 Å². The number of fused-ring (bicyclic) bond motifs is 3. The highest BCUT2D eigenvalue weighted by atomic mass is 32.2. The fraction of sp³-hybridized carbons (Fsp3) is 0.0909. The van der Waals surface area contributed by atoms with Crippen molar-refractivity contribution in [2.24, 2.45) is 0 Å². The highest BCUT2D eigenvalue weighted by Crippen LogP contribution is 2.41. The fourth-order valence-corrected chi connectivity index (χ4v) is 2.92. The fourth-order valence-electron chi connectivity index (χ4n) is 1.84. The van der Waals surface area contributed by atoms with Gasteiger partial charge in [-0.25, -0.2) is 4.79 Å². The molecule has 0 unspecified atom stereocenters. The molecule has 1 aromatic heterocycles. The zero-order chi connectivity index (χ0) is 11.1. The number of carboxylic acid groups (broad SMARTS) is 1. The molecule has 0 amide bonds. The second-order valence-corrected chi connectivity index (χ2v) is 4.53. The van der Waals surface area contributed by atoms with E-state index >= 15 is 0 Å². The lowest BCUT2D eigenvalue weighted by Gasteiger charge is -2.14. The first-order valence-corrected chi connectivity index (χ1v) is 5.78. The summed E-state index contributed by atoms with van der Waals surface area (Å²) in [6.07, 6.45) is 0. The van der Waals surface area contributed by atoms with Crippen LogP contribution in [-0.4, -0.2) is 21.3 Å². The summed E-state index contributed by atoms with van der Waals surface area (Å²) < 4.78 is 0. The van der Waals surface area contributed by atoms with Crippen LogP contribution in [0.15, 0.2) is 29.2 Å². The monoisotopic (exact) mass is 232 g/mol. The van der Waals surface area contributed by atoms with Gasteiger partial charge >= 0.3 is 5.97 Å². The number of aromatic carboxylic acids is 1. The Labute approximate surface area is 95.7 Å². The van der Waals surface area contributed by atoms with Crippen LogP contribution in [-0.2, 0) is 5.75 Å². The Morgan fingerprint density at radius 1 is 1.44 bits per heavy atom. The smallest absolute Gasteiger partial charge is 0.354 e. The number of hydrogen-bond donors (Lipinski definition) is 2. The van der Waals surface area contributed by atoms with Gasteiger partial charge in [-0.1, -0.05) is 18.2 Å². The van der Waals surface area contributed by atoms with Crippen molar-refractivity contribution in [3.63, 3.8) is 0 Å². The lowest BCUT2D eigenvalue weighted by molar-refractivity contribution is 0.0689. The van der Waals surface area contributed by atoms with Gasteiger partial charge < -0.3 is 5.11 Å². The van der Waals surface area contributed by atoms with E-state index in [1.807, 2.05) is 24.3 Å². The molecule has 0 radical (unpaired) electrons. The summed E-state index contributed by atoms with van der Waals surface area (Å²) in [5.74, 6) is -0.293. The Hall–Kier alpha value is -1.75. The van der Waals surface area contributed by atoms with Crippen molar-refractivity contribution in [2.75, 3.05) is 0 Å². The zero-order valence-corrected chi connectivity index (χ0v) is 9.04. The summed E-state index contributed by atoms with van der Waals surface area (Å²) >= 11 is 1.64. The summed E-state index contributed by atoms with van der Waals surface area (Å²) in [4.78, 5) is 12.1. The molecule has 0 bridgehead atoms. The van der Waals surface area contributed by atoms with Crippen LogP contribution in [0.25, 0.3) is 11.3 Å². The Bertz CT molecular complexity index is 577. The van der Waals surface area contributed by atoms with Crippen molar-refractivity contribution in [1.29, 1.82) is 0 Å². The number of aromatic amines is 1. The van der Waals surface area contributed by atoms with Crippen LogP contribution in [0.5, 0.6) is 0 Å². The maximum absolute atomic E-state index is 11.0. The van der Waals surface area contributed by atoms with E-state index < -0.39 is 5.97 Å². The van der Waals surface area contributed by atoms with E-state index in [9.17, 15) is 4.79 Å². The number of aromatic nitrogens is 2. The van der Waals surface area contributed by atoms with E-state index in [1.165, 1.54) is 0 Å². The summed E-state index contributed by atoms with van der Waals surface area (Å²) in [6, 6.07) is 7.90. The van der Waals surface area contributed by atoms with E-state index in [4.69, 9.17) is 5.11 Å². The van der Waals surface area contributed by atoms with Crippen molar-refractivity contribution in [3.8, 4) is 11.3 Å². The van der Waals surface area contributed by atoms with Crippen molar-refractivity contribution in [1.82, 2.24) is 10.2 Å². The van der Waals surface area contributed by atoms with Gasteiger partial charge in [0.1, 0.15) is 5.69 Å². The first-order chi connectivity index (χ1) is 7.77. The number of benzene rings is 1. The predicted octanol–water partition coefficient (Wildman–Crippen LogP) is 2.38. The van der Waals surface area contributed by atoms with Gasteiger partial charge in [0.15, 0.2) is 0 Å². The van der Waals surface area contributed by atoms with E-state index in [0.29, 0.717) is 5.75 Å². The largest absolute Gasteiger partial charge is 0.477 e. The van der Waals surface area contributed by atoms with Gasteiger partial charge in [0.2, 0.25) is 0 Å². The average Bonchev–Trinajstić information content (AvgIpc) is 2.73. The van der Waals surface area contributed by atoms with Crippen LogP contribution in [0.3, 0.4) is 0 Å². The molecule has 0 fully saturated rings. The summed E-state index contributed by atoms with van der Waals surface area (Å²) in [7, 11) is 0. The van der Waals surface area contributed by atoms with E-state index in [-0.39, 0.29) is 5.69 Å². The van der Waals surface area contributed by atoms with Gasteiger partial charge in [0, 0.05) is 21.8 Å². The third-order valence-electron chi connectivity index (χ3n) is 2.60. The van der Waals surface area contributed by atoms with Crippen molar-refractivity contribution in [2.45, 2.75) is 10.6 Å². The standard InChI is InChI=1S/C11H8N2O2S/c14-11(15)10-7-5-16-8-4-2-1-3-6(8)9(7)12-13-10/h1-4H,5H2,(H,12,13)(H,14,15). The lowest BCUT2D eigenvalue weighted by Crippen LogP contribution is -2.02. The molecule has 3 rings (SSSR count). The van der Waals surface area contributed by atoms with Crippen LogP contribution < -0.4 is 0 Å². The average molecular weight is 232 g/mol. The molecular weight excluding hydrogens is 224 g/mol. The minimum Gasteiger partial charge on any atom is -0.477 e. The molecule has 2 aromatic rings. The summed E-state index contributed by atoms with van der Waals surface area (Å²) in [5.41, 5.74) is 2.78.